The monoisotopic (exact) mass is 299 g/mol. The smallest absolute Gasteiger partial charge is 0.125 e. The van der Waals surface area contributed by atoms with Gasteiger partial charge in [-0.05, 0) is 44.0 Å². The molecule has 2 atom stereocenters. The lowest BCUT2D eigenvalue weighted by molar-refractivity contribution is 0.134. The predicted octanol–water partition coefficient (Wildman–Crippen LogP) is 2.55. The van der Waals surface area contributed by atoms with E-state index >= 15 is 0 Å². The lowest BCUT2D eigenvalue weighted by Gasteiger charge is -2.21. The molecular formula is C13H18BrNO2. The molecule has 94 valence electrons. The number of aliphatic hydroxyl groups is 1. The Bertz CT molecular complexity index is 403. The molecule has 1 aliphatic heterocycles. The van der Waals surface area contributed by atoms with Gasteiger partial charge < -0.3 is 15.2 Å². The molecule has 0 aliphatic carbocycles. The number of halogens is 1. The highest BCUT2D eigenvalue weighted by atomic mass is 79.9. The minimum atomic E-state index is -0.510. The molecule has 1 fully saturated rings. The lowest BCUT2D eigenvalue weighted by Crippen LogP contribution is -2.29. The average Bonchev–Trinajstić information content (AvgIpc) is 2.84. The van der Waals surface area contributed by atoms with Gasteiger partial charge in [0, 0.05) is 16.1 Å². The average molecular weight is 300 g/mol. The van der Waals surface area contributed by atoms with Gasteiger partial charge in [-0.3, -0.25) is 0 Å². The van der Waals surface area contributed by atoms with Crippen LogP contribution < -0.4 is 10.1 Å². The van der Waals surface area contributed by atoms with E-state index in [0.717, 1.165) is 40.7 Å². The fourth-order valence-corrected chi connectivity index (χ4v) is 2.64. The number of methoxy groups -OCH3 is 1. The summed E-state index contributed by atoms with van der Waals surface area (Å²) in [5.41, 5.74) is 1.96. The van der Waals surface area contributed by atoms with E-state index in [-0.39, 0.29) is 6.04 Å². The van der Waals surface area contributed by atoms with Crippen LogP contribution in [0.5, 0.6) is 5.75 Å². The maximum atomic E-state index is 10.4. The zero-order valence-corrected chi connectivity index (χ0v) is 11.8. The van der Waals surface area contributed by atoms with Gasteiger partial charge in [-0.15, -0.1) is 0 Å². The summed E-state index contributed by atoms with van der Waals surface area (Å²) in [6, 6.07) is 4.05. The highest BCUT2D eigenvalue weighted by molar-refractivity contribution is 9.10. The molecule has 1 saturated heterocycles. The fourth-order valence-electron chi connectivity index (χ4n) is 2.28. The second-order valence-corrected chi connectivity index (χ2v) is 5.35. The molecule has 2 rings (SSSR count). The third kappa shape index (κ3) is 2.64. The zero-order chi connectivity index (χ0) is 12.4. The minimum absolute atomic E-state index is 0.138. The Labute approximate surface area is 110 Å². The van der Waals surface area contributed by atoms with Crippen LogP contribution in [0.1, 0.15) is 30.1 Å². The molecule has 2 unspecified atom stereocenters. The van der Waals surface area contributed by atoms with Crippen LogP contribution in [0.15, 0.2) is 16.6 Å². The van der Waals surface area contributed by atoms with Gasteiger partial charge in [0.05, 0.1) is 13.2 Å². The van der Waals surface area contributed by atoms with Crippen LogP contribution in [0.4, 0.5) is 0 Å². The Morgan fingerprint density at radius 2 is 2.29 bits per heavy atom. The molecule has 2 N–H and O–H groups in total. The van der Waals surface area contributed by atoms with E-state index < -0.39 is 6.10 Å². The van der Waals surface area contributed by atoms with E-state index in [2.05, 4.69) is 21.2 Å². The molecule has 0 spiro atoms. The van der Waals surface area contributed by atoms with Gasteiger partial charge in [-0.2, -0.15) is 0 Å². The first-order valence-corrected chi connectivity index (χ1v) is 6.68. The summed E-state index contributed by atoms with van der Waals surface area (Å²) < 4.78 is 6.36. The van der Waals surface area contributed by atoms with Crippen LogP contribution >= 0.6 is 15.9 Å². The van der Waals surface area contributed by atoms with Gasteiger partial charge in [0.2, 0.25) is 0 Å². The maximum absolute atomic E-state index is 10.4. The van der Waals surface area contributed by atoms with E-state index in [0.29, 0.717) is 0 Å². The van der Waals surface area contributed by atoms with Crippen molar-refractivity contribution in [3.8, 4) is 5.75 Å². The molecule has 0 aromatic heterocycles. The van der Waals surface area contributed by atoms with Crippen molar-refractivity contribution in [3.05, 3.63) is 27.7 Å². The second kappa shape index (κ2) is 5.38. The molecule has 3 nitrogen and oxygen atoms in total. The standard InChI is InChI=1S/C13H18BrNO2/c1-8-6-12(17-2)9(7-10(8)14)13(16)11-4-3-5-15-11/h6-7,11,13,15-16H,3-5H2,1-2H3. The molecule has 1 aromatic rings. The predicted molar refractivity (Wildman–Crippen MR) is 71.4 cm³/mol. The Morgan fingerprint density at radius 3 is 2.88 bits per heavy atom. The topological polar surface area (TPSA) is 41.5 Å². The third-order valence-corrected chi connectivity index (χ3v) is 4.16. The number of rotatable bonds is 3. The first-order chi connectivity index (χ1) is 8.13. The first kappa shape index (κ1) is 12.9. The molecule has 17 heavy (non-hydrogen) atoms. The van der Waals surface area contributed by atoms with Gasteiger partial charge in [-0.25, -0.2) is 0 Å². The Morgan fingerprint density at radius 1 is 1.53 bits per heavy atom. The molecule has 0 bridgehead atoms. The fraction of sp³-hybridized carbons (Fsp3) is 0.538. The normalized spacial score (nSPS) is 21.5. The number of hydrogen-bond donors (Lipinski definition) is 2. The van der Waals surface area contributed by atoms with Crippen molar-refractivity contribution < 1.29 is 9.84 Å². The van der Waals surface area contributed by atoms with Crippen LogP contribution in [-0.4, -0.2) is 24.8 Å². The summed E-state index contributed by atoms with van der Waals surface area (Å²) in [7, 11) is 1.64. The lowest BCUT2D eigenvalue weighted by atomic mass is 9.99. The van der Waals surface area contributed by atoms with Gasteiger partial charge in [-0.1, -0.05) is 15.9 Å². The van der Waals surface area contributed by atoms with E-state index in [1.807, 2.05) is 19.1 Å². The largest absolute Gasteiger partial charge is 0.496 e. The molecule has 0 saturated carbocycles. The third-order valence-electron chi connectivity index (χ3n) is 3.31. The van der Waals surface area contributed by atoms with Crippen LogP contribution in [0.25, 0.3) is 0 Å². The number of hydrogen-bond acceptors (Lipinski definition) is 3. The number of nitrogens with one attached hydrogen (secondary N) is 1. The van der Waals surface area contributed by atoms with Crippen molar-refractivity contribution in [1.29, 1.82) is 0 Å². The van der Waals surface area contributed by atoms with Crippen LogP contribution in [0, 0.1) is 6.92 Å². The molecule has 0 radical (unpaired) electrons. The zero-order valence-electron chi connectivity index (χ0n) is 10.2. The number of benzene rings is 1. The second-order valence-electron chi connectivity index (χ2n) is 4.49. The molecule has 1 heterocycles. The van der Waals surface area contributed by atoms with E-state index in [1.165, 1.54) is 0 Å². The van der Waals surface area contributed by atoms with Crippen LogP contribution in [0.2, 0.25) is 0 Å². The van der Waals surface area contributed by atoms with Crippen molar-refractivity contribution in [3.63, 3.8) is 0 Å². The SMILES string of the molecule is COc1cc(C)c(Br)cc1C(O)C1CCCN1. The molecule has 1 aliphatic rings. The summed E-state index contributed by atoms with van der Waals surface area (Å²) in [5.74, 6) is 0.756. The van der Waals surface area contributed by atoms with Crippen molar-refractivity contribution in [2.75, 3.05) is 13.7 Å². The van der Waals surface area contributed by atoms with Crippen molar-refractivity contribution in [1.82, 2.24) is 5.32 Å². The van der Waals surface area contributed by atoms with Crippen LogP contribution in [-0.2, 0) is 0 Å². The summed E-state index contributed by atoms with van der Waals surface area (Å²) in [6.45, 7) is 2.99. The van der Waals surface area contributed by atoms with Crippen molar-refractivity contribution in [2.24, 2.45) is 0 Å². The van der Waals surface area contributed by atoms with Gasteiger partial charge in [0.25, 0.3) is 0 Å². The van der Waals surface area contributed by atoms with Crippen molar-refractivity contribution in [2.45, 2.75) is 31.9 Å². The minimum Gasteiger partial charge on any atom is -0.496 e. The van der Waals surface area contributed by atoms with Gasteiger partial charge in [0.1, 0.15) is 5.75 Å². The molecule has 4 heteroatoms. The Hall–Kier alpha value is -0.580. The summed E-state index contributed by atoms with van der Waals surface area (Å²) in [6.07, 6.45) is 1.62. The number of aliphatic hydroxyl groups excluding tert-OH is 1. The molecule has 1 aromatic carbocycles. The Kier molecular flexibility index (Phi) is 4.07. The highest BCUT2D eigenvalue weighted by Crippen LogP contribution is 2.34. The van der Waals surface area contributed by atoms with Gasteiger partial charge >= 0.3 is 0 Å². The summed E-state index contributed by atoms with van der Waals surface area (Å²) >= 11 is 3.50. The van der Waals surface area contributed by atoms with Crippen molar-refractivity contribution >= 4 is 15.9 Å². The Balaban J connectivity index is 2.32. The summed E-state index contributed by atoms with van der Waals surface area (Å²) in [5, 5.41) is 13.7. The quantitative estimate of drug-likeness (QED) is 0.901. The van der Waals surface area contributed by atoms with Crippen LogP contribution in [0.3, 0.4) is 0 Å². The molecular weight excluding hydrogens is 282 g/mol. The van der Waals surface area contributed by atoms with E-state index in [1.54, 1.807) is 7.11 Å². The number of aryl methyl sites for hydroxylation is 1. The summed E-state index contributed by atoms with van der Waals surface area (Å²) in [4.78, 5) is 0. The van der Waals surface area contributed by atoms with E-state index in [4.69, 9.17) is 4.74 Å². The van der Waals surface area contributed by atoms with E-state index in [9.17, 15) is 5.11 Å². The van der Waals surface area contributed by atoms with Gasteiger partial charge in [0.15, 0.2) is 0 Å². The molecule has 0 amide bonds. The maximum Gasteiger partial charge on any atom is 0.125 e. The highest BCUT2D eigenvalue weighted by Gasteiger charge is 2.26. The first-order valence-electron chi connectivity index (χ1n) is 5.89. The number of ether oxygens (including phenoxy) is 1.